The summed E-state index contributed by atoms with van der Waals surface area (Å²) in [5.74, 6) is -1.04. The number of ether oxygens (including phenoxy) is 1. The van der Waals surface area contributed by atoms with Crippen molar-refractivity contribution in [1.82, 2.24) is 49.6 Å². The molecule has 2 aromatic heterocycles. The number of imide groups is 2. The van der Waals surface area contributed by atoms with Gasteiger partial charge < -0.3 is 30.1 Å². The van der Waals surface area contributed by atoms with E-state index in [2.05, 4.69) is 40.7 Å². The molecule has 5 fully saturated rings. The molecule has 0 bridgehead atoms. The molecular formula is C52H71N13O8. The lowest BCUT2D eigenvalue weighted by molar-refractivity contribution is -0.148. The molecule has 21 nitrogen and oxygen atoms in total. The van der Waals surface area contributed by atoms with Crippen LogP contribution in [0.1, 0.15) is 122 Å². The molecule has 1 aliphatic carbocycles. The predicted octanol–water partition coefficient (Wildman–Crippen LogP) is 3.57. The summed E-state index contributed by atoms with van der Waals surface area (Å²) in [4.78, 5) is 113. The fraction of sp³-hybridized carbons (Fsp3) is 0.615. The van der Waals surface area contributed by atoms with Crippen molar-refractivity contribution in [3.8, 4) is 0 Å². The number of piperidine rings is 2. The maximum absolute atomic E-state index is 13.9. The topological polar surface area (TPSA) is 228 Å². The molecule has 9 rings (SSSR count). The highest BCUT2D eigenvalue weighted by Gasteiger charge is 2.45. The van der Waals surface area contributed by atoms with Gasteiger partial charge in [0.25, 0.3) is 11.8 Å². The molecule has 0 radical (unpaired) electrons. The summed E-state index contributed by atoms with van der Waals surface area (Å²) < 4.78 is 7.07. The third-order valence-corrected chi connectivity index (χ3v) is 15.8. The van der Waals surface area contributed by atoms with Gasteiger partial charge >= 0.3 is 5.97 Å². The van der Waals surface area contributed by atoms with E-state index in [1.54, 1.807) is 36.9 Å². The molecular weight excluding hydrogens is 935 g/mol. The minimum absolute atomic E-state index is 0.0343. The summed E-state index contributed by atoms with van der Waals surface area (Å²) in [6.45, 7) is 16.1. The van der Waals surface area contributed by atoms with E-state index in [0.29, 0.717) is 66.7 Å². The average Bonchev–Trinajstić information content (AvgIpc) is 3.90. The van der Waals surface area contributed by atoms with Gasteiger partial charge in [0, 0.05) is 109 Å². The number of aryl methyl sites for hydroxylation is 2. The van der Waals surface area contributed by atoms with Crippen molar-refractivity contribution in [3.63, 3.8) is 0 Å². The molecule has 21 heteroatoms. The number of nitrogens with one attached hydrogen (secondary N) is 3. The number of nitrogens with zero attached hydrogens (tertiary/aromatic N) is 10. The van der Waals surface area contributed by atoms with E-state index >= 15 is 0 Å². The van der Waals surface area contributed by atoms with Gasteiger partial charge in [0.05, 0.1) is 40.7 Å². The third-order valence-electron chi connectivity index (χ3n) is 15.8. The first kappa shape index (κ1) is 51.4. The molecule has 0 spiro atoms. The van der Waals surface area contributed by atoms with E-state index in [4.69, 9.17) is 9.72 Å². The Morgan fingerprint density at radius 2 is 1.55 bits per heavy atom. The molecule has 3 aromatic rings. The van der Waals surface area contributed by atoms with Crippen LogP contribution in [0.2, 0.25) is 0 Å². The van der Waals surface area contributed by atoms with E-state index in [-0.39, 0.29) is 49.3 Å². The Hall–Kier alpha value is -6.48. The number of fused-ring (bicyclic) bond motifs is 1. The Balaban J connectivity index is 0.672. The Labute approximate surface area is 426 Å². The molecule has 3 N–H and O–H groups in total. The van der Waals surface area contributed by atoms with Crippen LogP contribution in [0.5, 0.6) is 0 Å². The van der Waals surface area contributed by atoms with Crippen LogP contribution in [0.4, 0.5) is 23.1 Å². The zero-order valence-corrected chi connectivity index (χ0v) is 43.0. The number of carbonyl (C=O) groups is 7. The third kappa shape index (κ3) is 11.5. The first-order valence-electron chi connectivity index (χ1n) is 26.3. The number of hydrogen-bond acceptors (Lipinski definition) is 16. The molecule has 7 heterocycles. The standard InChI is InChI=1S/C52H71N13O8/c1-6-73-49(71)44-33(2)54-51(56-36-31-53-59(5)32-36)58-45(44)55-35-7-9-37(10-8-35)61-25-27-63(28-26-61)43(67)30-52(3,4)50(72)64-19-16-34(17-20-64)15-18-60-21-23-62(24-22-60)38-11-12-39-40(29-38)48(70)65(47(39)69)41-13-14-42(66)57-46(41)68/h11-12,29,31-32,34-35,37,41H,6-10,13-28,30H2,1-5H3,(H,57,66,68)(H2,54,55,56,58). The number of rotatable bonds is 15. The molecule has 5 aliphatic heterocycles. The molecule has 1 unspecified atom stereocenters. The zero-order valence-electron chi connectivity index (χ0n) is 43.0. The van der Waals surface area contributed by atoms with Gasteiger partial charge in [-0.2, -0.15) is 10.1 Å². The van der Waals surface area contributed by atoms with E-state index in [9.17, 15) is 33.6 Å². The van der Waals surface area contributed by atoms with Crippen molar-refractivity contribution < 1.29 is 38.3 Å². The van der Waals surface area contributed by atoms with Gasteiger partial charge in [0.2, 0.25) is 29.6 Å². The highest BCUT2D eigenvalue weighted by atomic mass is 16.5. The van der Waals surface area contributed by atoms with Crippen LogP contribution >= 0.6 is 0 Å². The second-order valence-electron chi connectivity index (χ2n) is 21.3. The predicted molar refractivity (Wildman–Crippen MR) is 271 cm³/mol. The molecule has 4 saturated heterocycles. The molecule has 6 amide bonds. The van der Waals surface area contributed by atoms with Crippen LogP contribution in [0.25, 0.3) is 0 Å². The maximum Gasteiger partial charge on any atom is 0.343 e. The number of benzene rings is 1. The quantitative estimate of drug-likeness (QED) is 0.146. The lowest BCUT2D eigenvalue weighted by atomic mass is 9.85. The fourth-order valence-corrected chi connectivity index (χ4v) is 11.6. The van der Waals surface area contributed by atoms with Crippen LogP contribution in [-0.2, 0) is 31.0 Å². The van der Waals surface area contributed by atoms with Gasteiger partial charge in [0.1, 0.15) is 17.4 Å². The normalized spacial score (nSPS) is 22.6. The lowest BCUT2D eigenvalue weighted by Crippen LogP contribution is -2.54. The highest BCUT2D eigenvalue weighted by molar-refractivity contribution is 6.23. The molecule has 1 saturated carbocycles. The van der Waals surface area contributed by atoms with E-state index < -0.39 is 41.1 Å². The largest absolute Gasteiger partial charge is 0.462 e. The summed E-state index contributed by atoms with van der Waals surface area (Å²) in [6.07, 6.45) is 10.6. The summed E-state index contributed by atoms with van der Waals surface area (Å²) >= 11 is 0. The number of piperazine rings is 2. The number of amides is 6. The summed E-state index contributed by atoms with van der Waals surface area (Å²) in [6, 6.07) is 4.82. The van der Waals surface area contributed by atoms with Crippen LogP contribution in [0.15, 0.2) is 30.6 Å². The molecule has 6 aliphatic rings. The van der Waals surface area contributed by atoms with Gasteiger partial charge in [-0.15, -0.1) is 0 Å². The lowest BCUT2D eigenvalue weighted by Gasteiger charge is -2.43. The van der Waals surface area contributed by atoms with Gasteiger partial charge in [-0.05, 0) is 95.9 Å². The number of anilines is 4. The summed E-state index contributed by atoms with van der Waals surface area (Å²) in [7, 11) is 1.83. The van der Waals surface area contributed by atoms with Gasteiger partial charge in [-0.1, -0.05) is 13.8 Å². The van der Waals surface area contributed by atoms with Crippen molar-refractivity contribution in [1.29, 1.82) is 0 Å². The fourth-order valence-electron chi connectivity index (χ4n) is 11.6. The Kier molecular flexibility index (Phi) is 15.4. The summed E-state index contributed by atoms with van der Waals surface area (Å²) in [5.41, 5.74) is 2.24. The molecule has 392 valence electrons. The minimum atomic E-state index is -0.987. The minimum Gasteiger partial charge on any atom is -0.462 e. The van der Waals surface area contributed by atoms with E-state index in [0.717, 1.165) is 107 Å². The number of carbonyl (C=O) groups excluding carboxylic acids is 7. The van der Waals surface area contributed by atoms with Gasteiger partial charge in [0.15, 0.2) is 0 Å². The second-order valence-corrected chi connectivity index (χ2v) is 21.3. The first-order valence-corrected chi connectivity index (χ1v) is 26.3. The average molecular weight is 1010 g/mol. The van der Waals surface area contributed by atoms with Crippen molar-refractivity contribution >= 4 is 64.6 Å². The van der Waals surface area contributed by atoms with Gasteiger partial charge in [-0.25, -0.2) is 9.78 Å². The summed E-state index contributed by atoms with van der Waals surface area (Å²) in [5, 5.41) is 13.2. The Morgan fingerprint density at radius 3 is 2.22 bits per heavy atom. The smallest absolute Gasteiger partial charge is 0.343 e. The van der Waals surface area contributed by atoms with E-state index in [1.807, 2.05) is 43.0 Å². The van der Waals surface area contributed by atoms with Crippen molar-refractivity contribution in [2.75, 3.05) is 94.1 Å². The Bertz CT molecular complexity index is 2590. The number of aromatic nitrogens is 4. The number of likely N-dealkylation sites (tertiary alicyclic amines) is 1. The molecule has 73 heavy (non-hydrogen) atoms. The number of esters is 1. The highest BCUT2D eigenvalue weighted by Crippen LogP contribution is 2.34. The van der Waals surface area contributed by atoms with Crippen LogP contribution in [-0.4, -0.2) is 182 Å². The van der Waals surface area contributed by atoms with E-state index in [1.165, 1.54) is 0 Å². The second kappa shape index (κ2) is 21.9. The zero-order chi connectivity index (χ0) is 51.6. The maximum atomic E-state index is 13.9. The van der Waals surface area contributed by atoms with Gasteiger partial charge in [-0.3, -0.25) is 53.5 Å². The SMILES string of the molecule is CCOC(=O)c1c(C)nc(Nc2cnn(C)c2)nc1NC1CCC(N2CCN(C(=O)CC(C)(C)C(=O)N3CCC(CCN4CCN(c5ccc6c(c5)C(=O)N(C5CCC(=O)NC5=O)C6=O)CC4)CC3)CC2)CC1. The first-order chi connectivity index (χ1) is 35.0. The molecule has 1 aromatic carbocycles. The number of hydrogen-bond donors (Lipinski definition) is 3. The van der Waals surface area contributed by atoms with Crippen molar-refractivity contribution in [2.24, 2.45) is 18.4 Å². The van der Waals surface area contributed by atoms with Crippen molar-refractivity contribution in [2.45, 2.75) is 110 Å². The van der Waals surface area contributed by atoms with Crippen LogP contribution < -0.4 is 20.9 Å². The van der Waals surface area contributed by atoms with Crippen LogP contribution in [0, 0.1) is 18.3 Å². The molecule has 1 atom stereocenters. The van der Waals surface area contributed by atoms with Crippen LogP contribution in [0.3, 0.4) is 0 Å². The monoisotopic (exact) mass is 1010 g/mol. The van der Waals surface area contributed by atoms with Crippen molar-refractivity contribution in [3.05, 3.63) is 53.0 Å². The Morgan fingerprint density at radius 1 is 0.836 bits per heavy atom.